The van der Waals surface area contributed by atoms with E-state index in [1.54, 1.807) is 0 Å². The van der Waals surface area contributed by atoms with Gasteiger partial charge in [0.2, 0.25) is 0 Å². The molecular weight excluding hydrogens is 151 g/mol. The molecule has 0 rings (SSSR count). The fourth-order valence-corrected chi connectivity index (χ4v) is 0.453. The average Bonchev–Trinajstić information content (AvgIpc) is 1.83. The first-order valence-corrected chi connectivity index (χ1v) is 3.23. The van der Waals surface area contributed by atoms with Gasteiger partial charge in [-0.2, -0.15) is 4.33 Å². The Balaban J connectivity index is 0. The molecule has 9 heavy (non-hydrogen) atoms. The van der Waals surface area contributed by atoms with Gasteiger partial charge < -0.3 is 5.26 Å². The largest absolute Gasteiger partial charge is 1.00 e. The van der Waals surface area contributed by atoms with Gasteiger partial charge in [0.1, 0.15) is 0 Å². The third kappa shape index (κ3) is 9.23. The maximum Gasteiger partial charge on any atom is 1.00 e. The maximum atomic E-state index is 9.21. The number of hydrogen-bond acceptors (Lipinski definition) is 4. The van der Waals surface area contributed by atoms with Crippen LogP contribution in [0, 0.1) is 0 Å². The van der Waals surface area contributed by atoms with Gasteiger partial charge >= 0.3 is 29.6 Å². The summed E-state index contributed by atoms with van der Waals surface area (Å²) in [7, 11) is 0. The maximum absolute atomic E-state index is 9.21. The van der Waals surface area contributed by atoms with E-state index >= 15 is 0 Å². The topological polar surface area (TPSA) is 41.5 Å². The molecule has 0 aliphatic heterocycles. The van der Waals surface area contributed by atoms with Gasteiger partial charge in [-0.25, -0.2) is 0 Å². The van der Waals surface area contributed by atoms with Crippen LogP contribution in [0.1, 0.15) is 20.3 Å². The van der Waals surface area contributed by atoms with Crippen molar-refractivity contribution in [2.24, 2.45) is 0 Å². The summed E-state index contributed by atoms with van der Waals surface area (Å²) in [4.78, 5) is 0. The summed E-state index contributed by atoms with van der Waals surface area (Å²) in [5.41, 5.74) is 0. The summed E-state index contributed by atoms with van der Waals surface area (Å²) >= 11 is 1.04. The van der Waals surface area contributed by atoms with Crippen LogP contribution in [0.15, 0.2) is 0 Å². The van der Waals surface area contributed by atoms with Gasteiger partial charge in [-0.1, -0.05) is 13.8 Å². The second-order valence-corrected chi connectivity index (χ2v) is 2.58. The summed E-state index contributed by atoms with van der Waals surface area (Å²) in [6, 6.07) is 0. The van der Waals surface area contributed by atoms with E-state index in [1.165, 1.54) is 0 Å². The van der Waals surface area contributed by atoms with Gasteiger partial charge in [-0.3, -0.25) is 5.04 Å². The third-order valence-corrected chi connectivity index (χ3v) is 1.60. The SMILES string of the molecule is CCC(C)SOO[O-].[Na+]. The van der Waals surface area contributed by atoms with Crippen molar-refractivity contribution in [2.45, 2.75) is 25.5 Å². The Morgan fingerprint density at radius 1 is 1.67 bits per heavy atom. The van der Waals surface area contributed by atoms with Gasteiger partial charge in [0.15, 0.2) is 0 Å². The fourth-order valence-electron chi connectivity index (χ4n) is 0.151. The van der Waals surface area contributed by atoms with Gasteiger partial charge in [-0.15, -0.1) is 0 Å². The van der Waals surface area contributed by atoms with E-state index in [1.807, 2.05) is 13.8 Å². The van der Waals surface area contributed by atoms with Crippen molar-refractivity contribution in [3.8, 4) is 0 Å². The smallest absolute Gasteiger partial charge is 0.691 e. The molecule has 0 aromatic carbocycles. The normalized spacial score (nSPS) is 12.3. The average molecular weight is 160 g/mol. The van der Waals surface area contributed by atoms with Crippen LogP contribution >= 0.6 is 12.0 Å². The molecule has 3 nitrogen and oxygen atoms in total. The van der Waals surface area contributed by atoms with Gasteiger partial charge in [0.25, 0.3) is 0 Å². The standard InChI is InChI=1S/C4H10O3S.Na/c1-3-4(2)8-7-6-5;/h4-5H,3H2,1-2H3;/q;+1/p-1. The van der Waals surface area contributed by atoms with Crippen LogP contribution in [0.3, 0.4) is 0 Å². The third-order valence-electron chi connectivity index (χ3n) is 0.806. The molecule has 5 heteroatoms. The van der Waals surface area contributed by atoms with Crippen molar-refractivity contribution >= 4 is 12.0 Å². The van der Waals surface area contributed by atoms with E-state index in [0.717, 1.165) is 18.5 Å². The van der Waals surface area contributed by atoms with E-state index in [9.17, 15) is 5.26 Å². The van der Waals surface area contributed by atoms with Crippen LogP contribution < -0.4 is 34.8 Å². The van der Waals surface area contributed by atoms with E-state index in [4.69, 9.17) is 0 Å². The van der Waals surface area contributed by atoms with E-state index < -0.39 is 0 Å². The van der Waals surface area contributed by atoms with E-state index in [2.05, 4.69) is 9.37 Å². The van der Waals surface area contributed by atoms with Crippen LogP contribution in [-0.4, -0.2) is 5.25 Å². The van der Waals surface area contributed by atoms with Crippen LogP contribution in [-0.2, 0) is 9.37 Å². The predicted molar refractivity (Wildman–Crippen MR) is 29.5 cm³/mol. The van der Waals surface area contributed by atoms with Crippen molar-refractivity contribution < 1.29 is 44.2 Å². The second-order valence-electron chi connectivity index (χ2n) is 1.45. The summed E-state index contributed by atoms with van der Waals surface area (Å²) in [6.07, 6.45) is 0.966. The molecule has 0 aliphatic carbocycles. The van der Waals surface area contributed by atoms with Crippen molar-refractivity contribution in [1.82, 2.24) is 0 Å². The first kappa shape index (κ1) is 12.9. The van der Waals surface area contributed by atoms with Gasteiger partial charge in [0, 0.05) is 17.3 Å². The van der Waals surface area contributed by atoms with Crippen molar-refractivity contribution in [2.75, 3.05) is 0 Å². The minimum atomic E-state index is 0. The molecule has 1 atom stereocenters. The van der Waals surface area contributed by atoms with Crippen molar-refractivity contribution in [3.63, 3.8) is 0 Å². The fraction of sp³-hybridized carbons (Fsp3) is 1.00. The molecular formula is C4H9NaO3S. The molecule has 0 amide bonds. The Morgan fingerprint density at radius 3 is 2.56 bits per heavy atom. The Bertz CT molecular complexity index is 55.1. The predicted octanol–water partition coefficient (Wildman–Crippen LogP) is -2.34. The Hall–Kier alpha value is 1.23. The quantitative estimate of drug-likeness (QED) is 0.200. The summed E-state index contributed by atoms with van der Waals surface area (Å²) in [5, 5.41) is 12.7. The molecule has 1 unspecified atom stereocenters. The zero-order chi connectivity index (χ0) is 6.41. The number of rotatable bonds is 4. The molecule has 0 saturated carbocycles. The zero-order valence-corrected chi connectivity index (χ0v) is 8.73. The first-order chi connectivity index (χ1) is 3.81. The molecule has 0 fully saturated rings. The molecule has 0 heterocycles. The first-order valence-electron chi connectivity index (χ1n) is 2.43. The monoisotopic (exact) mass is 160 g/mol. The Kier molecular flexibility index (Phi) is 13.2. The van der Waals surface area contributed by atoms with Crippen LogP contribution in [0.5, 0.6) is 0 Å². The van der Waals surface area contributed by atoms with Crippen molar-refractivity contribution in [3.05, 3.63) is 0 Å². The summed E-state index contributed by atoms with van der Waals surface area (Å²) in [6.45, 7) is 3.95. The van der Waals surface area contributed by atoms with Crippen LogP contribution in [0.4, 0.5) is 0 Å². The Labute approximate surface area is 81.5 Å². The minimum Gasteiger partial charge on any atom is -0.691 e. The van der Waals surface area contributed by atoms with Gasteiger partial charge in [-0.05, 0) is 6.42 Å². The van der Waals surface area contributed by atoms with E-state index in [-0.39, 0.29) is 29.6 Å². The molecule has 50 valence electrons. The minimum absolute atomic E-state index is 0. The molecule has 0 saturated heterocycles. The summed E-state index contributed by atoms with van der Waals surface area (Å²) < 4.78 is 4.05. The Morgan fingerprint density at radius 2 is 2.22 bits per heavy atom. The van der Waals surface area contributed by atoms with E-state index in [0.29, 0.717) is 5.25 Å². The molecule has 0 bridgehead atoms. The van der Waals surface area contributed by atoms with Crippen molar-refractivity contribution in [1.29, 1.82) is 0 Å². The van der Waals surface area contributed by atoms with Crippen LogP contribution in [0.2, 0.25) is 0 Å². The second kappa shape index (κ2) is 9.23. The molecule has 0 aliphatic rings. The van der Waals surface area contributed by atoms with Gasteiger partial charge in [0.05, 0.1) is 0 Å². The molecule has 0 N–H and O–H groups in total. The summed E-state index contributed by atoms with van der Waals surface area (Å²) in [5.74, 6) is 0. The molecule has 0 aromatic heterocycles. The number of hydrogen-bond donors (Lipinski definition) is 0. The molecule has 0 spiro atoms. The molecule has 0 aromatic rings. The van der Waals surface area contributed by atoms with Crippen LogP contribution in [0.25, 0.3) is 0 Å². The zero-order valence-electron chi connectivity index (χ0n) is 5.92. The molecule has 0 radical (unpaired) electrons.